The quantitative estimate of drug-likeness (QED) is 0.549. The fourth-order valence-electron chi connectivity index (χ4n) is 1.64. The first-order chi connectivity index (χ1) is 7.72. The molecule has 0 saturated carbocycles. The minimum Gasteiger partial charge on any atom is -0.179 e. The van der Waals surface area contributed by atoms with Crippen molar-refractivity contribution in [1.29, 1.82) is 0 Å². The SMILES string of the molecule is Cc1cccc(CSCCC(C)CCS)c1. The van der Waals surface area contributed by atoms with E-state index in [4.69, 9.17) is 0 Å². The van der Waals surface area contributed by atoms with Crippen LogP contribution in [0.2, 0.25) is 0 Å². The monoisotopic (exact) mass is 254 g/mol. The summed E-state index contributed by atoms with van der Waals surface area (Å²) in [7, 11) is 0. The highest BCUT2D eigenvalue weighted by atomic mass is 32.2. The lowest BCUT2D eigenvalue weighted by Crippen LogP contribution is -1.97. The molecule has 0 N–H and O–H groups in total. The molecule has 0 aliphatic heterocycles. The summed E-state index contributed by atoms with van der Waals surface area (Å²) in [5.41, 5.74) is 2.81. The Hall–Kier alpha value is -0.0800. The van der Waals surface area contributed by atoms with Crippen molar-refractivity contribution >= 4 is 24.4 Å². The third-order valence-electron chi connectivity index (χ3n) is 2.73. The van der Waals surface area contributed by atoms with Crippen LogP contribution in [0.4, 0.5) is 0 Å². The van der Waals surface area contributed by atoms with E-state index in [1.54, 1.807) is 0 Å². The normalized spacial score (nSPS) is 12.7. The lowest BCUT2D eigenvalue weighted by molar-refractivity contribution is 0.554. The van der Waals surface area contributed by atoms with Crippen LogP contribution in [0.3, 0.4) is 0 Å². The Bertz CT molecular complexity index is 297. The number of benzene rings is 1. The second-order valence-corrected chi connectivity index (χ2v) is 6.00. The van der Waals surface area contributed by atoms with Crippen LogP contribution in [0.5, 0.6) is 0 Å². The average Bonchev–Trinajstić information content (AvgIpc) is 2.25. The molecule has 0 amide bonds. The molecule has 1 rings (SSSR count). The Balaban J connectivity index is 2.16. The summed E-state index contributed by atoms with van der Waals surface area (Å²) in [4.78, 5) is 0. The Morgan fingerprint density at radius 2 is 2.12 bits per heavy atom. The van der Waals surface area contributed by atoms with Gasteiger partial charge in [0.2, 0.25) is 0 Å². The Morgan fingerprint density at radius 3 is 2.81 bits per heavy atom. The molecule has 1 unspecified atom stereocenters. The Labute approximate surface area is 110 Å². The molecule has 0 spiro atoms. The molecule has 0 heterocycles. The fourth-order valence-corrected chi connectivity index (χ4v) is 3.21. The maximum Gasteiger partial charge on any atom is 0.0184 e. The van der Waals surface area contributed by atoms with Gasteiger partial charge in [-0.3, -0.25) is 0 Å². The van der Waals surface area contributed by atoms with E-state index in [1.807, 2.05) is 11.8 Å². The maximum absolute atomic E-state index is 4.27. The summed E-state index contributed by atoms with van der Waals surface area (Å²) < 4.78 is 0. The van der Waals surface area contributed by atoms with Gasteiger partial charge >= 0.3 is 0 Å². The molecule has 2 heteroatoms. The number of aryl methyl sites for hydroxylation is 1. The summed E-state index contributed by atoms with van der Waals surface area (Å²) in [5, 5.41) is 0. The lowest BCUT2D eigenvalue weighted by Gasteiger charge is -2.09. The van der Waals surface area contributed by atoms with Crippen LogP contribution in [0.25, 0.3) is 0 Å². The van der Waals surface area contributed by atoms with Crippen molar-refractivity contribution in [3.8, 4) is 0 Å². The molecule has 1 aromatic carbocycles. The van der Waals surface area contributed by atoms with Crippen molar-refractivity contribution in [3.63, 3.8) is 0 Å². The first kappa shape index (κ1) is 14.0. The van der Waals surface area contributed by atoms with E-state index in [0.29, 0.717) is 0 Å². The summed E-state index contributed by atoms with van der Waals surface area (Å²) in [5.74, 6) is 4.25. The molecule has 0 aliphatic rings. The van der Waals surface area contributed by atoms with Gasteiger partial charge in [-0.2, -0.15) is 24.4 Å². The number of hydrogen-bond acceptors (Lipinski definition) is 2. The van der Waals surface area contributed by atoms with Gasteiger partial charge in [0.15, 0.2) is 0 Å². The topological polar surface area (TPSA) is 0 Å². The number of rotatable bonds is 7. The van der Waals surface area contributed by atoms with Gasteiger partial charge in [-0.15, -0.1) is 0 Å². The standard InChI is InChI=1S/C14H22S2/c1-12(6-8-15)7-9-16-11-14-5-3-4-13(2)10-14/h3-5,10,12,15H,6-9,11H2,1-2H3. The zero-order valence-corrected chi connectivity index (χ0v) is 12.0. The van der Waals surface area contributed by atoms with Crippen molar-refractivity contribution in [2.24, 2.45) is 5.92 Å². The van der Waals surface area contributed by atoms with Crippen LogP contribution in [0, 0.1) is 12.8 Å². The maximum atomic E-state index is 4.27. The Morgan fingerprint density at radius 1 is 1.31 bits per heavy atom. The first-order valence-corrected chi connectivity index (χ1v) is 7.75. The molecule has 16 heavy (non-hydrogen) atoms. The van der Waals surface area contributed by atoms with Gasteiger partial charge in [-0.25, -0.2) is 0 Å². The molecule has 0 fully saturated rings. The van der Waals surface area contributed by atoms with E-state index in [1.165, 1.54) is 29.7 Å². The van der Waals surface area contributed by atoms with Crippen LogP contribution in [0.15, 0.2) is 24.3 Å². The zero-order chi connectivity index (χ0) is 11.8. The van der Waals surface area contributed by atoms with Crippen LogP contribution < -0.4 is 0 Å². The molecule has 0 nitrogen and oxygen atoms in total. The van der Waals surface area contributed by atoms with Crippen molar-refractivity contribution in [2.45, 2.75) is 32.4 Å². The Kier molecular flexibility index (Phi) is 7.06. The largest absolute Gasteiger partial charge is 0.179 e. The second-order valence-electron chi connectivity index (χ2n) is 4.45. The van der Waals surface area contributed by atoms with Crippen LogP contribution >= 0.6 is 24.4 Å². The minimum atomic E-state index is 0.822. The summed E-state index contributed by atoms with van der Waals surface area (Å²) in [6.07, 6.45) is 2.56. The lowest BCUT2D eigenvalue weighted by atomic mass is 10.1. The molecule has 1 atom stereocenters. The van der Waals surface area contributed by atoms with E-state index in [9.17, 15) is 0 Å². The van der Waals surface area contributed by atoms with Gasteiger partial charge in [-0.1, -0.05) is 36.8 Å². The predicted octanol–water partition coefficient (Wildman–Crippen LogP) is 4.57. The number of thioether (sulfide) groups is 1. The fraction of sp³-hybridized carbons (Fsp3) is 0.571. The third kappa shape index (κ3) is 5.86. The molecule has 0 bridgehead atoms. The summed E-state index contributed by atoms with van der Waals surface area (Å²) >= 11 is 6.31. The van der Waals surface area contributed by atoms with Gasteiger partial charge in [0.25, 0.3) is 0 Å². The van der Waals surface area contributed by atoms with Crippen LogP contribution in [-0.2, 0) is 5.75 Å². The molecule has 0 aliphatic carbocycles. The third-order valence-corrected chi connectivity index (χ3v) is 4.05. The average molecular weight is 254 g/mol. The highest BCUT2D eigenvalue weighted by molar-refractivity contribution is 7.98. The highest BCUT2D eigenvalue weighted by Gasteiger charge is 2.01. The zero-order valence-electron chi connectivity index (χ0n) is 10.3. The van der Waals surface area contributed by atoms with Gasteiger partial charge < -0.3 is 0 Å². The van der Waals surface area contributed by atoms with E-state index < -0.39 is 0 Å². The smallest absolute Gasteiger partial charge is 0.0184 e. The van der Waals surface area contributed by atoms with Crippen molar-refractivity contribution < 1.29 is 0 Å². The van der Waals surface area contributed by atoms with Gasteiger partial charge in [0.1, 0.15) is 0 Å². The van der Waals surface area contributed by atoms with E-state index in [0.717, 1.165) is 17.4 Å². The molecular weight excluding hydrogens is 232 g/mol. The van der Waals surface area contributed by atoms with Crippen molar-refractivity contribution in [2.75, 3.05) is 11.5 Å². The summed E-state index contributed by atoms with van der Waals surface area (Å²) in [6, 6.07) is 8.80. The number of thiol groups is 1. The molecule has 0 aromatic heterocycles. The van der Waals surface area contributed by atoms with E-state index in [-0.39, 0.29) is 0 Å². The first-order valence-electron chi connectivity index (χ1n) is 5.96. The number of hydrogen-bond donors (Lipinski definition) is 1. The van der Waals surface area contributed by atoms with Crippen molar-refractivity contribution in [3.05, 3.63) is 35.4 Å². The second kappa shape index (κ2) is 8.08. The summed E-state index contributed by atoms with van der Waals surface area (Å²) in [6.45, 7) is 4.48. The van der Waals surface area contributed by atoms with Crippen molar-refractivity contribution in [1.82, 2.24) is 0 Å². The van der Waals surface area contributed by atoms with Crippen LogP contribution in [-0.4, -0.2) is 11.5 Å². The highest BCUT2D eigenvalue weighted by Crippen LogP contribution is 2.17. The van der Waals surface area contributed by atoms with Crippen LogP contribution in [0.1, 0.15) is 30.9 Å². The predicted molar refractivity (Wildman–Crippen MR) is 79.6 cm³/mol. The van der Waals surface area contributed by atoms with E-state index >= 15 is 0 Å². The van der Waals surface area contributed by atoms with Gasteiger partial charge in [0, 0.05) is 5.75 Å². The molecule has 0 saturated heterocycles. The minimum absolute atomic E-state index is 0.822. The molecule has 1 aromatic rings. The molecular formula is C14H22S2. The van der Waals surface area contributed by atoms with Gasteiger partial charge in [-0.05, 0) is 42.8 Å². The van der Waals surface area contributed by atoms with Gasteiger partial charge in [0.05, 0.1) is 0 Å². The molecule has 90 valence electrons. The van der Waals surface area contributed by atoms with E-state index in [2.05, 4.69) is 50.7 Å². The molecule has 0 radical (unpaired) electrons.